The lowest BCUT2D eigenvalue weighted by Gasteiger charge is -1.89. The number of benzene rings is 6. The van der Waals surface area contributed by atoms with Gasteiger partial charge in [-0.15, -0.1) is 22.7 Å². The van der Waals surface area contributed by atoms with E-state index in [1.807, 2.05) is 86.9 Å². The summed E-state index contributed by atoms with van der Waals surface area (Å²) in [6, 6.07) is 62.7. The number of nitrogens with two attached hydrogens (primary N) is 1. The van der Waals surface area contributed by atoms with E-state index < -0.39 is 11.2 Å². The van der Waals surface area contributed by atoms with Crippen LogP contribution in [0.25, 0.3) is 22.5 Å². The molecule has 610 valence electrons. The molecule has 0 saturated carbocycles. The molecule has 6 aromatic carbocycles. The van der Waals surface area contributed by atoms with Gasteiger partial charge >= 0.3 is 5.97 Å². The molecule has 14 aromatic rings. The van der Waals surface area contributed by atoms with Crippen LogP contribution in [-0.4, -0.2) is 129 Å². The van der Waals surface area contributed by atoms with Gasteiger partial charge in [0.15, 0.2) is 26.9 Å². The Morgan fingerprint density at radius 2 is 0.739 bits per heavy atom. The Morgan fingerprint density at radius 1 is 0.452 bits per heavy atom. The second-order valence-corrected chi connectivity index (χ2v) is 27.0. The van der Waals surface area contributed by atoms with Crippen LogP contribution >= 0.6 is 62.4 Å². The lowest BCUT2D eigenvalue weighted by atomic mass is 10.2. The first kappa shape index (κ1) is 99.5. The van der Waals surface area contributed by atoms with E-state index in [4.69, 9.17) is 22.4 Å². The fourth-order valence-corrected chi connectivity index (χ4v) is 10.4. The maximum Gasteiger partial charge on any atom is 0.338 e. The predicted octanol–water partition coefficient (Wildman–Crippen LogP) is 18.6. The van der Waals surface area contributed by atoms with Crippen molar-refractivity contribution in [3.8, 4) is 22.5 Å². The lowest BCUT2D eigenvalue weighted by molar-refractivity contribution is 0.0696. The third-order valence-electron chi connectivity index (χ3n) is 15.1. The number of aromatic carboxylic acids is 1. The first-order valence-corrected chi connectivity index (χ1v) is 40.5. The van der Waals surface area contributed by atoms with Crippen molar-refractivity contribution in [2.75, 3.05) is 37.1 Å². The summed E-state index contributed by atoms with van der Waals surface area (Å²) >= 11 is 15.7. The average molecular weight is 1700 g/mol. The molecule has 0 fully saturated rings. The number of carboxylic acid groups (broad SMARTS) is 1. The quantitative estimate of drug-likeness (QED) is 0.0241. The maximum atomic E-state index is 10.9. The van der Waals surface area contributed by atoms with Crippen LogP contribution < -0.4 is 21.7 Å². The van der Waals surface area contributed by atoms with Crippen molar-refractivity contribution in [1.29, 1.82) is 0 Å². The summed E-state index contributed by atoms with van der Waals surface area (Å²) < 4.78 is 7.96. The number of carbonyl (C=O) groups excluding carboxylic acids is 3. The highest BCUT2D eigenvalue weighted by molar-refractivity contribution is 9.09. The Bertz CT molecular complexity index is 4380. The van der Waals surface area contributed by atoms with Gasteiger partial charge in [-0.25, -0.2) is 14.8 Å². The van der Waals surface area contributed by atoms with E-state index in [1.165, 1.54) is 68.3 Å². The van der Waals surface area contributed by atoms with Crippen LogP contribution in [-0.2, 0) is 73.8 Å². The van der Waals surface area contributed by atoms with Crippen molar-refractivity contribution in [2.45, 2.75) is 87.0 Å². The molecule has 0 amide bonds. The average Bonchev–Trinajstić information content (AvgIpc) is 1.71. The fourth-order valence-electron chi connectivity index (χ4n) is 8.57. The number of thiocarbonyl (C=S) groups is 1. The van der Waals surface area contributed by atoms with E-state index in [0.717, 1.165) is 71.3 Å². The van der Waals surface area contributed by atoms with Crippen molar-refractivity contribution in [2.24, 2.45) is 41.0 Å². The van der Waals surface area contributed by atoms with Gasteiger partial charge in [0.25, 0.3) is 5.24 Å². The summed E-state index contributed by atoms with van der Waals surface area (Å²) in [5.41, 5.74) is 19.3. The summed E-state index contributed by atoms with van der Waals surface area (Å²) in [6.45, 7) is 14.5. The van der Waals surface area contributed by atoms with E-state index in [1.54, 1.807) is 109 Å². The van der Waals surface area contributed by atoms with Gasteiger partial charge in [-0.1, -0.05) is 239 Å². The Balaban J connectivity index is 0.000000425. The fraction of sp³-hybridized carbons (Fsp3) is 0.253. The Hall–Kier alpha value is -11.6. The van der Waals surface area contributed by atoms with Crippen LogP contribution in [0.5, 0.6) is 0 Å². The highest BCUT2D eigenvalue weighted by Gasteiger charge is 2.08. The number of H-pyrrole nitrogens is 1. The molecule has 0 unspecified atom stereocenters. The van der Waals surface area contributed by atoms with E-state index in [2.05, 4.69) is 277 Å². The molecule has 23 nitrogen and oxygen atoms in total. The molecule has 8 aromatic heterocycles. The van der Waals surface area contributed by atoms with E-state index in [0.29, 0.717) is 27.1 Å². The number of aromatic amines is 1. The molecule has 0 aliphatic heterocycles. The predicted molar refractivity (Wildman–Crippen MR) is 482 cm³/mol. The SMILES string of the molecule is CC(=O)c1cnn(C)c1.CCc1ccccc1.CCc1ccccc1.CCc1ccccc1.CCc1ccccc1.CCc1ccccc1.CCc1ccccc1.CNC(N)=S.CNc1nc(-c2cn[nH]c2)cs1.CNc1nc(-c2cnn(C)c2)cs1.Cn1cc(C(=O)CBr)cn1.Cn1cc(C(=O)Cl)cn1.Cn1cc(C(=O)O)cn1. The van der Waals surface area contributed by atoms with Crippen LogP contribution in [0, 0.1) is 0 Å². The number of ketones is 2. The van der Waals surface area contributed by atoms with Crippen molar-refractivity contribution < 1.29 is 24.3 Å². The van der Waals surface area contributed by atoms with Crippen molar-refractivity contribution >= 4 is 101 Å². The molecule has 0 spiro atoms. The normalized spacial score (nSPS) is 9.40. The van der Waals surface area contributed by atoms with Gasteiger partial charge in [-0.05, 0) is 103 Å². The molecule has 0 saturated heterocycles. The third kappa shape index (κ3) is 45.6. The van der Waals surface area contributed by atoms with Gasteiger partial charge < -0.3 is 26.8 Å². The molecule has 0 radical (unpaired) electrons. The number of nitrogens with one attached hydrogen (secondary N) is 4. The molecule has 0 aliphatic carbocycles. The van der Waals surface area contributed by atoms with Crippen LogP contribution in [0.2, 0.25) is 0 Å². The second-order valence-electron chi connectivity index (χ2n) is 23.9. The summed E-state index contributed by atoms with van der Waals surface area (Å²) in [5, 5.41) is 48.8. The Kier molecular flexibility index (Phi) is 52.7. The van der Waals surface area contributed by atoms with Gasteiger partial charge in [0.2, 0.25) is 0 Å². The van der Waals surface area contributed by atoms with Crippen LogP contribution in [0.4, 0.5) is 10.3 Å². The number of carboxylic acids is 1. The van der Waals surface area contributed by atoms with Gasteiger partial charge in [-0.3, -0.25) is 42.9 Å². The molecule has 0 aliphatic rings. The second kappa shape index (κ2) is 61.0. The number of nitrogens with zero attached hydrogens (tertiary/aromatic N) is 13. The van der Waals surface area contributed by atoms with Gasteiger partial charge in [0, 0.05) is 115 Å². The first-order chi connectivity index (χ1) is 55.4. The third-order valence-corrected chi connectivity index (χ3v) is 17.8. The van der Waals surface area contributed by atoms with Crippen molar-refractivity contribution in [3.63, 3.8) is 0 Å². The summed E-state index contributed by atoms with van der Waals surface area (Å²) in [6.07, 6.45) is 26.4. The molecule has 115 heavy (non-hydrogen) atoms. The number of hydrogen-bond donors (Lipinski definition) is 6. The minimum absolute atomic E-state index is 0.0584. The monoisotopic (exact) mass is 1700 g/mol. The number of aryl methyl sites for hydroxylation is 11. The topological polar surface area (TPSA) is 294 Å². The number of Topliss-reactive ketones (excluding diaryl/α,β-unsaturated/α-hetero) is 2. The van der Waals surface area contributed by atoms with Crippen LogP contribution in [0.3, 0.4) is 0 Å². The van der Waals surface area contributed by atoms with E-state index >= 15 is 0 Å². The minimum Gasteiger partial charge on any atom is -0.478 e. The van der Waals surface area contributed by atoms with Gasteiger partial charge in [-0.2, -0.15) is 30.6 Å². The van der Waals surface area contributed by atoms with E-state index in [9.17, 15) is 19.2 Å². The zero-order valence-electron chi connectivity index (χ0n) is 68.3. The van der Waals surface area contributed by atoms with Gasteiger partial charge in [0.05, 0.1) is 76.2 Å². The zero-order chi connectivity index (χ0) is 85.0. The highest BCUT2D eigenvalue weighted by atomic mass is 79.9. The van der Waals surface area contributed by atoms with Crippen molar-refractivity contribution in [1.82, 2.24) is 74.4 Å². The number of aromatic nitrogens is 14. The zero-order valence-corrected chi connectivity index (χ0v) is 73.1. The minimum atomic E-state index is -0.942. The largest absolute Gasteiger partial charge is 0.478 e. The molecular formula is C87H110BrClN18O5S3. The number of thiazole rings is 2. The highest BCUT2D eigenvalue weighted by Crippen LogP contribution is 2.24. The summed E-state index contributed by atoms with van der Waals surface area (Å²) in [5.74, 6) is -0.820. The summed E-state index contributed by atoms with van der Waals surface area (Å²) in [4.78, 5) is 50.7. The number of anilines is 2. The lowest BCUT2D eigenvalue weighted by Crippen LogP contribution is -2.24. The number of hydrogen-bond acceptors (Lipinski definition) is 17. The van der Waals surface area contributed by atoms with Crippen molar-refractivity contribution in [3.05, 3.63) is 323 Å². The molecule has 14 rings (SSSR count). The number of carbonyl (C=O) groups is 4. The Labute approximate surface area is 704 Å². The standard InChI is InChI=1S/C8H10N4S.6C8H10.C7H8N4S.C6H7BrN2O.C6H8N2O.C5H5ClN2O.C5H6N2O2.C2H6N2S/c1-9-8-11-7(5-13-8)6-3-10-12(2)4-6;6*1-2-8-6-4-3-5-7-8;1-8-7-11-6(4-12-7)5-2-9-10-3-5;1-9-4-5(3-8-9)6(10)2-7;1-5(9)6-3-7-8(2)4-6;1-8-3-4(2-7-8)5(6)9;1-7-3-4(2-6-7)5(8)9;1-4-2(3)5/h3-5H,1-2H3,(H,9,11);6*3-7H,2H2,1H3;2-4H,1H3,(H,8,11)(H,9,10);3-4H,2H2,1H3;3-4H,1-2H3;2-3H,1H3;2-3H,1H3,(H,8,9);1H3,(H3,3,4,5). The van der Waals surface area contributed by atoms with Gasteiger partial charge in [0.1, 0.15) is 0 Å². The van der Waals surface area contributed by atoms with Crippen LogP contribution in [0.1, 0.15) is 123 Å². The Morgan fingerprint density at radius 3 is 0.922 bits per heavy atom. The van der Waals surface area contributed by atoms with Crippen LogP contribution in [0.15, 0.2) is 267 Å². The number of rotatable bonds is 15. The maximum absolute atomic E-state index is 10.9. The molecule has 0 atom stereocenters. The number of alkyl halides is 1. The molecule has 7 N–H and O–H groups in total. The smallest absolute Gasteiger partial charge is 0.338 e. The molecule has 0 bridgehead atoms. The molecule has 28 heteroatoms. The number of halogens is 2. The van der Waals surface area contributed by atoms with E-state index in [-0.39, 0.29) is 17.1 Å². The summed E-state index contributed by atoms with van der Waals surface area (Å²) in [7, 11) is 14.3. The molecular weight excluding hydrogens is 1590 g/mol. The first-order valence-electron chi connectivity index (χ1n) is 36.8. The molecule has 8 heterocycles.